The van der Waals surface area contributed by atoms with Crippen LogP contribution in [0.15, 0.2) is 48.5 Å². The highest BCUT2D eigenvalue weighted by Gasteiger charge is 2.24. The van der Waals surface area contributed by atoms with Crippen LogP contribution in [0.1, 0.15) is 11.6 Å². The van der Waals surface area contributed by atoms with Crippen LogP contribution in [0.2, 0.25) is 0 Å². The van der Waals surface area contributed by atoms with Crippen molar-refractivity contribution < 1.29 is 9.47 Å². The molecule has 2 aromatic carbocycles. The van der Waals surface area contributed by atoms with Crippen molar-refractivity contribution in [2.45, 2.75) is 6.04 Å². The third-order valence-electron chi connectivity index (χ3n) is 4.02. The summed E-state index contributed by atoms with van der Waals surface area (Å²) in [6.07, 6.45) is 0. The maximum absolute atomic E-state index is 5.53. The van der Waals surface area contributed by atoms with Crippen molar-refractivity contribution in [2.75, 3.05) is 38.8 Å². The largest absolute Gasteiger partial charge is 0.497 e. The SMILES string of the molecule is COc1ccc(N2CC[N]C(c3ccccc3)C2)c(OC)c1. The van der Waals surface area contributed by atoms with Crippen LogP contribution >= 0.6 is 0 Å². The second-order valence-corrected chi connectivity index (χ2v) is 5.32. The number of methoxy groups -OCH3 is 2. The van der Waals surface area contributed by atoms with Gasteiger partial charge in [-0.25, -0.2) is 5.32 Å². The summed E-state index contributed by atoms with van der Waals surface area (Å²) < 4.78 is 10.8. The van der Waals surface area contributed by atoms with Crippen LogP contribution < -0.4 is 19.7 Å². The van der Waals surface area contributed by atoms with Crippen LogP contribution in [0, 0.1) is 0 Å². The van der Waals surface area contributed by atoms with E-state index in [4.69, 9.17) is 14.8 Å². The Morgan fingerprint density at radius 3 is 2.59 bits per heavy atom. The van der Waals surface area contributed by atoms with E-state index in [-0.39, 0.29) is 6.04 Å². The second-order valence-electron chi connectivity index (χ2n) is 5.32. The van der Waals surface area contributed by atoms with Gasteiger partial charge in [-0.15, -0.1) is 0 Å². The van der Waals surface area contributed by atoms with E-state index >= 15 is 0 Å². The predicted molar refractivity (Wildman–Crippen MR) is 87.9 cm³/mol. The lowest BCUT2D eigenvalue weighted by atomic mass is 10.0. The number of ether oxygens (including phenoxy) is 2. The molecule has 1 radical (unpaired) electrons. The van der Waals surface area contributed by atoms with Gasteiger partial charge in [0.15, 0.2) is 0 Å². The third kappa shape index (κ3) is 3.02. The first-order valence-electron chi connectivity index (χ1n) is 7.50. The summed E-state index contributed by atoms with van der Waals surface area (Å²) in [6, 6.07) is 16.6. The molecule has 0 bridgehead atoms. The minimum Gasteiger partial charge on any atom is -0.497 e. The molecule has 0 aliphatic carbocycles. The van der Waals surface area contributed by atoms with Gasteiger partial charge in [0.1, 0.15) is 11.5 Å². The summed E-state index contributed by atoms with van der Waals surface area (Å²) in [7, 11) is 3.36. The molecule has 1 saturated heterocycles. The summed E-state index contributed by atoms with van der Waals surface area (Å²) in [4.78, 5) is 2.34. The van der Waals surface area contributed by atoms with Gasteiger partial charge in [0, 0.05) is 25.7 Å². The Hall–Kier alpha value is -2.20. The molecule has 1 atom stereocenters. The van der Waals surface area contributed by atoms with Crippen molar-refractivity contribution in [3.8, 4) is 11.5 Å². The minimum absolute atomic E-state index is 0.210. The van der Waals surface area contributed by atoms with Gasteiger partial charge >= 0.3 is 0 Å². The van der Waals surface area contributed by atoms with Crippen LogP contribution in [0.4, 0.5) is 5.69 Å². The fourth-order valence-corrected chi connectivity index (χ4v) is 2.84. The van der Waals surface area contributed by atoms with Crippen molar-refractivity contribution in [1.82, 2.24) is 5.32 Å². The second kappa shape index (κ2) is 6.71. The zero-order valence-electron chi connectivity index (χ0n) is 13.0. The Labute approximate surface area is 131 Å². The monoisotopic (exact) mass is 297 g/mol. The molecule has 4 heteroatoms. The topological polar surface area (TPSA) is 35.8 Å². The normalized spacial score (nSPS) is 18.1. The van der Waals surface area contributed by atoms with E-state index in [1.165, 1.54) is 5.56 Å². The van der Waals surface area contributed by atoms with Crippen molar-refractivity contribution in [3.05, 3.63) is 54.1 Å². The highest BCUT2D eigenvalue weighted by atomic mass is 16.5. The first kappa shape index (κ1) is 14.7. The van der Waals surface area contributed by atoms with E-state index in [1.807, 2.05) is 18.2 Å². The van der Waals surface area contributed by atoms with Gasteiger partial charge in [-0.2, -0.15) is 0 Å². The number of nitrogens with zero attached hydrogens (tertiary/aromatic N) is 2. The first-order chi connectivity index (χ1) is 10.8. The lowest BCUT2D eigenvalue weighted by Crippen LogP contribution is -2.42. The molecule has 4 nitrogen and oxygen atoms in total. The van der Waals surface area contributed by atoms with Gasteiger partial charge < -0.3 is 14.4 Å². The van der Waals surface area contributed by atoms with Gasteiger partial charge in [-0.3, -0.25) is 0 Å². The van der Waals surface area contributed by atoms with E-state index in [0.29, 0.717) is 0 Å². The maximum Gasteiger partial charge on any atom is 0.145 e. The summed E-state index contributed by atoms with van der Waals surface area (Å²) in [5, 5.41) is 4.76. The highest BCUT2D eigenvalue weighted by molar-refractivity contribution is 5.61. The highest BCUT2D eigenvalue weighted by Crippen LogP contribution is 2.34. The van der Waals surface area contributed by atoms with Gasteiger partial charge in [-0.05, 0) is 17.7 Å². The summed E-state index contributed by atoms with van der Waals surface area (Å²) in [5.74, 6) is 1.65. The van der Waals surface area contributed by atoms with Crippen LogP contribution in [-0.4, -0.2) is 33.9 Å². The Kier molecular flexibility index (Phi) is 4.49. The lowest BCUT2D eigenvalue weighted by molar-refractivity contribution is 0.391. The van der Waals surface area contributed by atoms with Gasteiger partial charge in [0.2, 0.25) is 0 Å². The summed E-state index contributed by atoms with van der Waals surface area (Å²) in [5.41, 5.74) is 2.36. The van der Waals surface area contributed by atoms with Crippen LogP contribution in [0.5, 0.6) is 11.5 Å². The molecule has 2 aromatic rings. The number of anilines is 1. The Morgan fingerprint density at radius 2 is 1.86 bits per heavy atom. The maximum atomic E-state index is 5.53. The number of hydrogen-bond acceptors (Lipinski definition) is 3. The number of benzene rings is 2. The first-order valence-corrected chi connectivity index (χ1v) is 7.50. The smallest absolute Gasteiger partial charge is 0.145 e. The quantitative estimate of drug-likeness (QED) is 0.870. The molecule has 115 valence electrons. The molecule has 0 N–H and O–H groups in total. The third-order valence-corrected chi connectivity index (χ3v) is 4.02. The molecular weight excluding hydrogens is 276 g/mol. The lowest BCUT2D eigenvalue weighted by Gasteiger charge is -2.35. The molecule has 1 aliphatic heterocycles. The van der Waals surface area contributed by atoms with Gasteiger partial charge in [0.25, 0.3) is 0 Å². The minimum atomic E-state index is 0.210. The van der Waals surface area contributed by atoms with Crippen molar-refractivity contribution in [3.63, 3.8) is 0 Å². The molecule has 1 fully saturated rings. The van der Waals surface area contributed by atoms with E-state index in [9.17, 15) is 0 Å². The molecule has 1 aliphatic rings. The van der Waals surface area contributed by atoms with E-state index in [2.05, 4.69) is 35.2 Å². The number of hydrogen-bond donors (Lipinski definition) is 0. The zero-order valence-corrected chi connectivity index (χ0v) is 13.0. The fourth-order valence-electron chi connectivity index (χ4n) is 2.84. The molecule has 1 unspecified atom stereocenters. The molecule has 3 rings (SSSR count). The zero-order chi connectivity index (χ0) is 15.4. The molecule has 0 spiro atoms. The van der Waals surface area contributed by atoms with Crippen LogP contribution in [-0.2, 0) is 0 Å². The van der Waals surface area contributed by atoms with E-state index < -0.39 is 0 Å². The van der Waals surface area contributed by atoms with Crippen molar-refractivity contribution in [1.29, 1.82) is 0 Å². The number of rotatable bonds is 4. The standard InChI is InChI=1S/C18H21N2O2/c1-21-15-8-9-17(18(12-15)22-2)20-11-10-19-16(13-20)14-6-4-3-5-7-14/h3-9,12,16H,10-11,13H2,1-2H3. The van der Waals surface area contributed by atoms with Gasteiger partial charge in [0.05, 0.1) is 25.9 Å². The summed E-state index contributed by atoms with van der Waals surface area (Å²) in [6.45, 7) is 2.60. The van der Waals surface area contributed by atoms with Crippen molar-refractivity contribution in [2.24, 2.45) is 0 Å². The van der Waals surface area contributed by atoms with Gasteiger partial charge in [-0.1, -0.05) is 30.3 Å². The Bertz CT molecular complexity index is 616. The van der Waals surface area contributed by atoms with E-state index in [1.54, 1.807) is 14.2 Å². The van der Waals surface area contributed by atoms with Crippen LogP contribution in [0.25, 0.3) is 0 Å². The Morgan fingerprint density at radius 1 is 1.05 bits per heavy atom. The van der Waals surface area contributed by atoms with E-state index in [0.717, 1.165) is 36.8 Å². The summed E-state index contributed by atoms with van der Waals surface area (Å²) >= 11 is 0. The number of piperazine rings is 1. The molecular formula is C18H21N2O2. The van der Waals surface area contributed by atoms with Crippen molar-refractivity contribution >= 4 is 5.69 Å². The predicted octanol–water partition coefficient (Wildman–Crippen LogP) is 2.87. The van der Waals surface area contributed by atoms with Crippen LogP contribution in [0.3, 0.4) is 0 Å². The average molecular weight is 297 g/mol. The molecule has 0 aromatic heterocycles. The molecule has 0 amide bonds. The average Bonchev–Trinajstić information content (AvgIpc) is 2.62. The Balaban J connectivity index is 1.83. The molecule has 1 heterocycles. The molecule has 0 saturated carbocycles. The molecule has 22 heavy (non-hydrogen) atoms. The fraction of sp³-hybridized carbons (Fsp3) is 0.333.